The number of hydrogen-bond acceptors (Lipinski definition) is 4. The number of hydrogen-bond donors (Lipinski definition) is 0. The number of thiophene rings is 1. The van der Waals surface area contributed by atoms with Crippen LogP contribution in [0.3, 0.4) is 0 Å². The average Bonchev–Trinajstić information content (AvgIpc) is 3.09. The molecule has 1 aromatic rings. The van der Waals surface area contributed by atoms with E-state index >= 15 is 0 Å². The first-order valence-corrected chi connectivity index (χ1v) is 8.29. The van der Waals surface area contributed by atoms with Crippen LogP contribution in [0.2, 0.25) is 0 Å². The standard InChI is InChI=1S/C15H22N2O2S/c1-12-10-16(7-8-19-12)11-15(18)17-6-2-4-13(17)14-5-3-9-20-14/h3,5,9,12-13H,2,4,6-8,10-11H2,1H3/t12-,13+/m0/s1. The molecule has 0 spiro atoms. The molecule has 20 heavy (non-hydrogen) atoms. The topological polar surface area (TPSA) is 32.8 Å². The minimum Gasteiger partial charge on any atom is -0.376 e. The second-order valence-corrected chi connectivity index (χ2v) is 6.66. The molecule has 5 heteroatoms. The molecule has 0 aliphatic carbocycles. The van der Waals surface area contributed by atoms with Crippen LogP contribution in [0.25, 0.3) is 0 Å². The van der Waals surface area contributed by atoms with Crippen molar-refractivity contribution in [2.24, 2.45) is 0 Å². The maximum atomic E-state index is 12.6. The normalized spacial score (nSPS) is 27.9. The lowest BCUT2D eigenvalue weighted by Gasteiger charge is -2.33. The molecule has 3 heterocycles. The molecule has 3 rings (SSSR count). The van der Waals surface area contributed by atoms with Crippen molar-refractivity contribution >= 4 is 17.2 Å². The van der Waals surface area contributed by atoms with Gasteiger partial charge in [-0.1, -0.05) is 6.07 Å². The monoisotopic (exact) mass is 294 g/mol. The van der Waals surface area contributed by atoms with Crippen LogP contribution in [0.5, 0.6) is 0 Å². The summed E-state index contributed by atoms with van der Waals surface area (Å²) >= 11 is 1.76. The Bertz CT molecular complexity index is 449. The third-order valence-corrected chi connectivity index (χ3v) is 5.10. The average molecular weight is 294 g/mol. The number of ether oxygens (including phenoxy) is 1. The largest absolute Gasteiger partial charge is 0.376 e. The van der Waals surface area contributed by atoms with Crippen molar-refractivity contribution in [3.05, 3.63) is 22.4 Å². The number of morpholine rings is 1. The Labute approximate surface area is 124 Å². The Morgan fingerprint density at radius 1 is 1.50 bits per heavy atom. The first-order chi connectivity index (χ1) is 9.74. The molecule has 0 bridgehead atoms. The van der Waals surface area contributed by atoms with Crippen molar-refractivity contribution in [1.82, 2.24) is 9.80 Å². The third-order valence-electron chi connectivity index (χ3n) is 4.13. The predicted octanol–water partition coefficient (Wildman–Crippen LogP) is 2.13. The molecule has 110 valence electrons. The molecule has 0 N–H and O–H groups in total. The molecule has 2 aliphatic rings. The van der Waals surface area contributed by atoms with Crippen LogP contribution in [-0.2, 0) is 9.53 Å². The number of rotatable bonds is 3. The quantitative estimate of drug-likeness (QED) is 0.856. The Kier molecular flexibility index (Phi) is 4.38. The molecule has 0 unspecified atom stereocenters. The third kappa shape index (κ3) is 3.05. The first kappa shape index (κ1) is 14.0. The fourth-order valence-corrected chi connectivity index (χ4v) is 4.03. The second kappa shape index (κ2) is 6.24. The molecule has 0 aromatic carbocycles. The van der Waals surface area contributed by atoms with Crippen molar-refractivity contribution in [3.63, 3.8) is 0 Å². The molecule has 2 aliphatic heterocycles. The van der Waals surface area contributed by atoms with Gasteiger partial charge in [-0.05, 0) is 31.2 Å². The fourth-order valence-electron chi connectivity index (χ4n) is 3.16. The summed E-state index contributed by atoms with van der Waals surface area (Å²) in [5.74, 6) is 0.273. The van der Waals surface area contributed by atoms with Crippen LogP contribution in [0.4, 0.5) is 0 Å². The van der Waals surface area contributed by atoms with E-state index in [-0.39, 0.29) is 12.0 Å². The van der Waals surface area contributed by atoms with E-state index in [1.165, 1.54) is 4.88 Å². The molecule has 2 fully saturated rings. The van der Waals surface area contributed by atoms with Gasteiger partial charge in [-0.15, -0.1) is 11.3 Å². The molecular formula is C15H22N2O2S. The van der Waals surface area contributed by atoms with E-state index < -0.39 is 0 Å². The molecule has 4 nitrogen and oxygen atoms in total. The second-order valence-electron chi connectivity index (χ2n) is 5.68. The highest BCUT2D eigenvalue weighted by Gasteiger charge is 2.31. The van der Waals surface area contributed by atoms with Gasteiger partial charge >= 0.3 is 0 Å². The first-order valence-electron chi connectivity index (χ1n) is 7.41. The van der Waals surface area contributed by atoms with E-state index in [0.29, 0.717) is 12.6 Å². The molecule has 0 radical (unpaired) electrons. The zero-order valence-corrected chi connectivity index (χ0v) is 12.8. The SMILES string of the molecule is C[C@H]1CN(CC(=O)N2CCC[C@@H]2c2cccs2)CCO1. The van der Waals surface area contributed by atoms with E-state index in [1.54, 1.807) is 11.3 Å². The summed E-state index contributed by atoms with van der Waals surface area (Å²) < 4.78 is 5.53. The molecular weight excluding hydrogens is 272 g/mol. The maximum absolute atomic E-state index is 12.6. The molecule has 1 amide bonds. The number of nitrogens with zero attached hydrogens (tertiary/aromatic N) is 2. The van der Waals surface area contributed by atoms with Gasteiger partial charge in [0.05, 0.1) is 25.3 Å². The van der Waals surface area contributed by atoms with Gasteiger partial charge in [0.1, 0.15) is 0 Å². The van der Waals surface area contributed by atoms with Crippen molar-refractivity contribution in [3.8, 4) is 0 Å². The summed E-state index contributed by atoms with van der Waals surface area (Å²) in [6.07, 6.45) is 2.46. The highest BCUT2D eigenvalue weighted by Crippen LogP contribution is 2.34. The minimum atomic E-state index is 0.239. The number of amides is 1. The van der Waals surface area contributed by atoms with Crippen LogP contribution in [-0.4, -0.2) is 54.6 Å². The molecule has 2 saturated heterocycles. The van der Waals surface area contributed by atoms with E-state index in [2.05, 4.69) is 34.2 Å². The van der Waals surface area contributed by atoms with Gasteiger partial charge in [-0.3, -0.25) is 9.69 Å². The number of likely N-dealkylation sites (tertiary alicyclic amines) is 1. The van der Waals surface area contributed by atoms with Gasteiger partial charge in [-0.2, -0.15) is 0 Å². The summed E-state index contributed by atoms with van der Waals surface area (Å²) in [4.78, 5) is 18.2. The van der Waals surface area contributed by atoms with E-state index in [0.717, 1.165) is 39.1 Å². The van der Waals surface area contributed by atoms with Crippen LogP contribution in [0.15, 0.2) is 17.5 Å². The lowest BCUT2D eigenvalue weighted by atomic mass is 10.2. The van der Waals surface area contributed by atoms with Gasteiger partial charge in [0, 0.05) is 24.5 Å². The van der Waals surface area contributed by atoms with Gasteiger partial charge in [0.2, 0.25) is 5.91 Å². The van der Waals surface area contributed by atoms with Crippen molar-refractivity contribution < 1.29 is 9.53 Å². The highest BCUT2D eigenvalue weighted by atomic mass is 32.1. The lowest BCUT2D eigenvalue weighted by Crippen LogP contribution is -2.46. The van der Waals surface area contributed by atoms with Crippen molar-refractivity contribution in [1.29, 1.82) is 0 Å². The molecule has 1 aromatic heterocycles. The van der Waals surface area contributed by atoms with Crippen LogP contribution < -0.4 is 0 Å². The van der Waals surface area contributed by atoms with Gasteiger partial charge in [-0.25, -0.2) is 0 Å². The summed E-state index contributed by atoms with van der Waals surface area (Å²) in [5, 5.41) is 2.10. The zero-order valence-electron chi connectivity index (χ0n) is 12.0. The summed E-state index contributed by atoms with van der Waals surface area (Å²) in [6.45, 7) is 5.98. The maximum Gasteiger partial charge on any atom is 0.237 e. The van der Waals surface area contributed by atoms with Crippen molar-refractivity contribution in [2.75, 3.05) is 32.8 Å². The summed E-state index contributed by atoms with van der Waals surface area (Å²) in [7, 11) is 0. The molecule has 2 atom stereocenters. The Morgan fingerprint density at radius 2 is 2.40 bits per heavy atom. The van der Waals surface area contributed by atoms with Crippen LogP contribution in [0, 0.1) is 0 Å². The van der Waals surface area contributed by atoms with E-state index in [9.17, 15) is 4.79 Å². The van der Waals surface area contributed by atoms with Crippen LogP contribution in [0.1, 0.15) is 30.7 Å². The lowest BCUT2D eigenvalue weighted by molar-refractivity contribution is -0.135. The Hall–Kier alpha value is -0.910. The number of carbonyl (C=O) groups excluding carboxylic acids is 1. The van der Waals surface area contributed by atoms with Gasteiger partial charge in [0.25, 0.3) is 0 Å². The van der Waals surface area contributed by atoms with Gasteiger partial charge < -0.3 is 9.64 Å². The summed E-state index contributed by atoms with van der Waals surface area (Å²) in [6, 6.07) is 4.53. The van der Waals surface area contributed by atoms with Gasteiger partial charge in [0.15, 0.2) is 0 Å². The van der Waals surface area contributed by atoms with E-state index in [4.69, 9.17) is 4.74 Å². The highest BCUT2D eigenvalue weighted by molar-refractivity contribution is 7.10. The van der Waals surface area contributed by atoms with E-state index in [1.807, 2.05) is 0 Å². The predicted molar refractivity (Wildman–Crippen MR) is 79.9 cm³/mol. The zero-order chi connectivity index (χ0) is 13.9. The van der Waals surface area contributed by atoms with Crippen LogP contribution >= 0.6 is 11.3 Å². The Balaban J connectivity index is 1.61. The smallest absolute Gasteiger partial charge is 0.237 e. The fraction of sp³-hybridized carbons (Fsp3) is 0.667. The number of carbonyl (C=O) groups is 1. The summed E-state index contributed by atoms with van der Waals surface area (Å²) in [5.41, 5.74) is 0. The van der Waals surface area contributed by atoms with Crippen molar-refractivity contribution in [2.45, 2.75) is 31.9 Å². The Morgan fingerprint density at radius 3 is 3.15 bits per heavy atom. The minimum absolute atomic E-state index is 0.239. The molecule has 0 saturated carbocycles.